The smallest absolute Gasteiger partial charge is 0.263 e. The van der Waals surface area contributed by atoms with E-state index in [1.807, 2.05) is 0 Å². The molecule has 3 rings (SSSR count). The maximum absolute atomic E-state index is 12.0. The van der Waals surface area contributed by atoms with E-state index in [1.165, 1.54) is 17.3 Å². The quantitative estimate of drug-likeness (QED) is 0.680. The van der Waals surface area contributed by atoms with Gasteiger partial charge in [0.1, 0.15) is 0 Å². The molecule has 82 valence electrons. The molecule has 5 heteroatoms. The van der Waals surface area contributed by atoms with Crippen LogP contribution < -0.4 is 5.73 Å². The van der Waals surface area contributed by atoms with E-state index in [-0.39, 0.29) is 23.9 Å². The van der Waals surface area contributed by atoms with Gasteiger partial charge in [0.2, 0.25) is 0 Å². The van der Waals surface area contributed by atoms with Crippen LogP contribution in [0.3, 0.4) is 0 Å². The van der Waals surface area contributed by atoms with E-state index < -0.39 is 0 Å². The number of nitrogens with zero attached hydrogens (tertiary/aromatic N) is 2. The molecule has 1 aliphatic heterocycles. The van der Waals surface area contributed by atoms with Gasteiger partial charge >= 0.3 is 0 Å². The van der Waals surface area contributed by atoms with Gasteiger partial charge in [-0.05, 0) is 18.9 Å². The Bertz CT molecular complexity index is 445. The number of hydrogen-bond acceptors (Lipinski definition) is 4. The molecule has 0 unspecified atom stereocenters. The molecule has 16 heavy (non-hydrogen) atoms. The molecular formula is C11H11N3O2. The van der Waals surface area contributed by atoms with Gasteiger partial charge in [0.05, 0.1) is 11.1 Å². The number of aromatic nitrogens is 1. The second kappa shape index (κ2) is 3.12. The minimum Gasteiger partial charge on any atom is -0.328 e. The van der Waals surface area contributed by atoms with Crippen LogP contribution in [0.15, 0.2) is 18.5 Å². The standard InChI is InChI=1S/C11H11N3O2/c12-6-3-7(4-6)14-10(15)8-1-2-13-5-9(8)11(14)16/h1-2,5-7H,3-4,12H2. The van der Waals surface area contributed by atoms with E-state index in [1.54, 1.807) is 6.07 Å². The lowest BCUT2D eigenvalue weighted by Gasteiger charge is -2.37. The molecule has 5 nitrogen and oxygen atoms in total. The first kappa shape index (κ1) is 9.47. The highest BCUT2D eigenvalue weighted by Crippen LogP contribution is 2.31. The van der Waals surface area contributed by atoms with Crippen LogP contribution in [0.1, 0.15) is 33.6 Å². The van der Waals surface area contributed by atoms with Crippen molar-refractivity contribution in [3.05, 3.63) is 29.6 Å². The van der Waals surface area contributed by atoms with Crippen molar-refractivity contribution in [1.29, 1.82) is 0 Å². The Morgan fingerprint density at radius 1 is 1.25 bits per heavy atom. The van der Waals surface area contributed by atoms with Crippen LogP contribution in [0.4, 0.5) is 0 Å². The van der Waals surface area contributed by atoms with Gasteiger partial charge in [0, 0.05) is 24.5 Å². The third kappa shape index (κ3) is 1.12. The van der Waals surface area contributed by atoms with Gasteiger partial charge in [-0.15, -0.1) is 0 Å². The van der Waals surface area contributed by atoms with E-state index in [0.29, 0.717) is 24.0 Å². The van der Waals surface area contributed by atoms with Crippen molar-refractivity contribution in [2.75, 3.05) is 0 Å². The summed E-state index contributed by atoms with van der Waals surface area (Å²) in [6.45, 7) is 0. The van der Waals surface area contributed by atoms with Gasteiger partial charge in [0.25, 0.3) is 11.8 Å². The lowest BCUT2D eigenvalue weighted by atomic mass is 9.86. The van der Waals surface area contributed by atoms with E-state index in [4.69, 9.17) is 5.73 Å². The summed E-state index contributed by atoms with van der Waals surface area (Å²) in [7, 11) is 0. The number of amides is 2. The summed E-state index contributed by atoms with van der Waals surface area (Å²) < 4.78 is 0. The normalized spacial score (nSPS) is 27.9. The van der Waals surface area contributed by atoms with E-state index in [0.717, 1.165) is 0 Å². The van der Waals surface area contributed by atoms with Crippen molar-refractivity contribution in [2.45, 2.75) is 24.9 Å². The summed E-state index contributed by atoms with van der Waals surface area (Å²) in [4.78, 5) is 29.2. The third-order valence-electron chi connectivity index (χ3n) is 3.23. The summed E-state index contributed by atoms with van der Waals surface area (Å²) in [6, 6.07) is 1.68. The molecular weight excluding hydrogens is 206 g/mol. The van der Waals surface area contributed by atoms with E-state index in [9.17, 15) is 9.59 Å². The summed E-state index contributed by atoms with van der Waals surface area (Å²) in [5.74, 6) is -0.440. The zero-order chi connectivity index (χ0) is 11.3. The molecule has 0 saturated heterocycles. The zero-order valence-electron chi connectivity index (χ0n) is 8.59. The van der Waals surface area contributed by atoms with Crippen molar-refractivity contribution < 1.29 is 9.59 Å². The lowest BCUT2D eigenvalue weighted by Crippen LogP contribution is -2.52. The number of carbonyl (C=O) groups excluding carboxylic acids is 2. The van der Waals surface area contributed by atoms with E-state index in [2.05, 4.69) is 4.98 Å². The van der Waals surface area contributed by atoms with Crippen molar-refractivity contribution >= 4 is 11.8 Å². The Hall–Kier alpha value is -1.75. The average molecular weight is 217 g/mol. The number of nitrogens with two attached hydrogens (primary N) is 1. The Morgan fingerprint density at radius 3 is 2.56 bits per heavy atom. The predicted molar refractivity (Wildman–Crippen MR) is 55.7 cm³/mol. The minimum absolute atomic E-state index is 0.0256. The van der Waals surface area contributed by atoms with Gasteiger partial charge in [-0.1, -0.05) is 0 Å². The number of fused-ring (bicyclic) bond motifs is 1. The fourth-order valence-corrected chi connectivity index (χ4v) is 2.28. The monoisotopic (exact) mass is 217 g/mol. The number of carbonyl (C=O) groups is 2. The first-order chi connectivity index (χ1) is 7.68. The fourth-order valence-electron chi connectivity index (χ4n) is 2.28. The zero-order valence-corrected chi connectivity index (χ0v) is 8.59. The van der Waals surface area contributed by atoms with Crippen molar-refractivity contribution in [1.82, 2.24) is 9.88 Å². The fraction of sp³-hybridized carbons (Fsp3) is 0.364. The molecule has 2 aliphatic rings. The SMILES string of the molecule is NC1CC(N2C(=O)c3ccncc3C2=O)C1. The molecule has 0 bridgehead atoms. The molecule has 1 aliphatic carbocycles. The summed E-state index contributed by atoms with van der Waals surface area (Å²) in [5.41, 5.74) is 6.54. The molecule has 0 spiro atoms. The summed E-state index contributed by atoms with van der Waals surface area (Å²) in [5, 5.41) is 0. The minimum atomic E-state index is -0.231. The summed E-state index contributed by atoms with van der Waals surface area (Å²) in [6.07, 6.45) is 4.39. The second-order valence-corrected chi connectivity index (χ2v) is 4.29. The average Bonchev–Trinajstić information content (AvgIpc) is 2.49. The number of hydrogen-bond donors (Lipinski definition) is 1. The molecule has 2 N–H and O–H groups in total. The third-order valence-corrected chi connectivity index (χ3v) is 3.23. The highest BCUT2D eigenvalue weighted by Gasteiger charge is 2.44. The molecule has 0 aromatic carbocycles. The molecule has 1 aromatic heterocycles. The van der Waals surface area contributed by atoms with Crippen LogP contribution in [0.5, 0.6) is 0 Å². The molecule has 1 saturated carbocycles. The highest BCUT2D eigenvalue weighted by molar-refractivity contribution is 6.21. The van der Waals surface area contributed by atoms with Crippen LogP contribution >= 0.6 is 0 Å². The van der Waals surface area contributed by atoms with Crippen LogP contribution in [-0.4, -0.2) is 33.8 Å². The van der Waals surface area contributed by atoms with Crippen molar-refractivity contribution in [3.63, 3.8) is 0 Å². The van der Waals surface area contributed by atoms with E-state index >= 15 is 0 Å². The van der Waals surface area contributed by atoms with Gasteiger partial charge in [-0.3, -0.25) is 19.5 Å². The van der Waals surface area contributed by atoms with Crippen LogP contribution in [0.2, 0.25) is 0 Å². The predicted octanol–water partition coefficient (Wildman–Crippen LogP) is 0.167. The van der Waals surface area contributed by atoms with Gasteiger partial charge < -0.3 is 5.73 Å². The Balaban J connectivity index is 1.96. The Labute approximate surface area is 92.3 Å². The number of imide groups is 1. The Morgan fingerprint density at radius 2 is 1.94 bits per heavy atom. The van der Waals surface area contributed by atoms with Gasteiger partial charge in [-0.25, -0.2) is 0 Å². The molecule has 0 atom stereocenters. The van der Waals surface area contributed by atoms with Gasteiger partial charge in [-0.2, -0.15) is 0 Å². The molecule has 0 radical (unpaired) electrons. The Kier molecular flexibility index (Phi) is 1.85. The maximum Gasteiger partial charge on any atom is 0.263 e. The topological polar surface area (TPSA) is 76.3 Å². The van der Waals surface area contributed by atoms with Crippen molar-refractivity contribution in [2.24, 2.45) is 5.73 Å². The first-order valence-electron chi connectivity index (χ1n) is 5.26. The maximum atomic E-state index is 12.0. The van der Waals surface area contributed by atoms with Gasteiger partial charge in [0.15, 0.2) is 0 Å². The lowest BCUT2D eigenvalue weighted by molar-refractivity contribution is 0.0482. The molecule has 1 aromatic rings. The number of pyridine rings is 1. The van der Waals surface area contributed by atoms with Crippen LogP contribution in [0.25, 0.3) is 0 Å². The van der Waals surface area contributed by atoms with Crippen molar-refractivity contribution in [3.8, 4) is 0 Å². The largest absolute Gasteiger partial charge is 0.328 e. The molecule has 2 heterocycles. The second-order valence-electron chi connectivity index (χ2n) is 4.29. The molecule has 2 amide bonds. The van der Waals surface area contributed by atoms with Crippen LogP contribution in [0, 0.1) is 0 Å². The molecule has 1 fully saturated rings. The first-order valence-corrected chi connectivity index (χ1v) is 5.26. The summed E-state index contributed by atoms with van der Waals surface area (Å²) >= 11 is 0. The number of rotatable bonds is 1. The highest BCUT2D eigenvalue weighted by atomic mass is 16.2. The van der Waals surface area contributed by atoms with Crippen LogP contribution in [-0.2, 0) is 0 Å².